The highest BCUT2D eigenvalue weighted by molar-refractivity contribution is 7.26. The second-order valence-corrected chi connectivity index (χ2v) is 18.3. The van der Waals surface area contributed by atoms with E-state index in [0.717, 1.165) is 0 Å². The molecule has 1 fully saturated rings. The average molecular weight is 761 g/mol. The van der Waals surface area contributed by atoms with Gasteiger partial charge in [0.2, 0.25) is 0 Å². The predicted octanol–water partition coefficient (Wildman–Crippen LogP) is 16.6. The molecular formula is C55H36S2. The Morgan fingerprint density at radius 3 is 1.39 bits per heavy atom. The minimum absolute atomic E-state index is 0.101. The van der Waals surface area contributed by atoms with Crippen molar-refractivity contribution in [1.82, 2.24) is 0 Å². The number of thiophene rings is 2. The van der Waals surface area contributed by atoms with Crippen molar-refractivity contribution in [3.63, 3.8) is 0 Å². The molecule has 57 heavy (non-hydrogen) atoms. The first-order chi connectivity index (χ1) is 28.3. The molecule has 0 nitrogen and oxygen atoms in total. The zero-order valence-corrected chi connectivity index (χ0v) is 32.9. The van der Waals surface area contributed by atoms with E-state index in [9.17, 15) is 0 Å². The maximum Gasteiger partial charge on any atom is 0.0361 e. The van der Waals surface area contributed by atoms with E-state index in [2.05, 4.69) is 170 Å². The van der Waals surface area contributed by atoms with Crippen molar-refractivity contribution in [2.45, 2.75) is 31.1 Å². The highest BCUT2D eigenvalue weighted by Crippen LogP contribution is 2.60. The SMILES string of the molecule is c1ccc2c(c1)-c1c(-c3c4cccc(-c5cccc6sc7ccccc7c56)c4cc4c(-c5cccc6sc7ccccc7c56)cccc34)cccc1C21CCCC1. The van der Waals surface area contributed by atoms with Crippen molar-refractivity contribution in [3.05, 3.63) is 181 Å². The van der Waals surface area contributed by atoms with Gasteiger partial charge in [-0.25, -0.2) is 0 Å². The van der Waals surface area contributed by atoms with Crippen molar-refractivity contribution < 1.29 is 0 Å². The Balaban J connectivity index is 1.20. The van der Waals surface area contributed by atoms with E-state index in [4.69, 9.17) is 0 Å². The van der Waals surface area contributed by atoms with Crippen LogP contribution in [-0.2, 0) is 5.41 Å². The molecule has 0 atom stereocenters. The molecule has 0 unspecified atom stereocenters. The Hall–Kier alpha value is -6.06. The van der Waals surface area contributed by atoms with Crippen LogP contribution in [0.4, 0.5) is 0 Å². The van der Waals surface area contributed by atoms with Gasteiger partial charge in [-0.2, -0.15) is 0 Å². The van der Waals surface area contributed by atoms with Crippen LogP contribution in [0, 0.1) is 0 Å². The quantitative estimate of drug-likeness (QED) is 0.157. The zero-order chi connectivity index (χ0) is 37.2. The third-order valence-electron chi connectivity index (χ3n) is 13.4. The van der Waals surface area contributed by atoms with Gasteiger partial charge in [0.25, 0.3) is 0 Å². The lowest BCUT2D eigenvalue weighted by Gasteiger charge is -2.27. The van der Waals surface area contributed by atoms with Crippen molar-refractivity contribution >= 4 is 84.6 Å². The van der Waals surface area contributed by atoms with Crippen molar-refractivity contribution in [3.8, 4) is 44.5 Å². The molecule has 2 aromatic heterocycles. The number of benzene rings is 9. The minimum Gasteiger partial charge on any atom is -0.135 e. The van der Waals surface area contributed by atoms with Crippen LogP contribution < -0.4 is 0 Å². The van der Waals surface area contributed by atoms with Crippen LogP contribution >= 0.6 is 22.7 Å². The van der Waals surface area contributed by atoms with E-state index < -0.39 is 0 Å². The van der Waals surface area contributed by atoms with Crippen LogP contribution in [0.1, 0.15) is 36.8 Å². The van der Waals surface area contributed by atoms with Gasteiger partial charge in [0, 0.05) is 45.8 Å². The topological polar surface area (TPSA) is 0 Å². The van der Waals surface area contributed by atoms with Crippen LogP contribution in [0.25, 0.3) is 106 Å². The lowest BCUT2D eigenvalue weighted by atomic mass is 9.76. The molecule has 0 saturated heterocycles. The molecule has 0 amide bonds. The summed E-state index contributed by atoms with van der Waals surface area (Å²) in [5.74, 6) is 0. The fourth-order valence-electron chi connectivity index (χ4n) is 11.2. The molecule has 9 aromatic carbocycles. The lowest BCUT2D eigenvalue weighted by Crippen LogP contribution is -2.20. The van der Waals surface area contributed by atoms with Gasteiger partial charge in [-0.15, -0.1) is 22.7 Å². The molecule has 13 rings (SSSR count). The van der Waals surface area contributed by atoms with E-state index in [1.54, 1.807) is 0 Å². The fraction of sp³-hybridized carbons (Fsp3) is 0.0909. The summed E-state index contributed by atoms with van der Waals surface area (Å²) < 4.78 is 5.35. The molecule has 1 spiro atoms. The van der Waals surface area contributed by atoms with Gasteiger partial charge in [0.15, 0.2) is 0 Å². The molecule has 0 aliphatic heterocycles. The molecule has 0 bridgehead atoms. The maximum absolute atomic E-state index is 2.54. The van der Waals surface area contributed by atoms with Crippen molar-refractivity contribution in [2.75, 3.05) is 0 Å². The van der Waals surface area contributed by atoms with Crippen LogP contribution in [0.2, 0.25) is 0 Å². The lowest BCUT2D eigenvalue weighted by molar-refractivity contribution is 0.550. The summed E-state index contributed by atoms with van der Waals surface area (Å²) in [5.41, 5.74) is 13.9. The molecule has 0 radical (unpaired) electrons. The molecule has 11 aromatic rings. The zero-order valence-electron chi connectivity index (χ0n) is 31.3. The Labute approximate surface area is 339 Å². The van der Waals surface area contributed by atoms with Gasteiger partial charge >= 0.3 is 0 Å². The van der Waals surface area contributed by atoms with Gasteiger partial charge in [0.05, 0.1) is 0 Å². The third-order valence-corrected chi connectivity index (χ3v) is 15.7. The highest BCUT2D eigenvalue weighted by Gasteiger charge is 2.45. The molecule has 0 N–H and O–H groups in total. The molecule has 2 heteroatoms. The number of fused-ring (bicyclic) bond motifs is 13. The predicted molar refractivity (Wildman–Crippen MR) is 248 cm³/mol. The summed E-state index contributed by atoms with van der Waals surface area (Å²) in [4.78, 5) is 0. The number of rotatable bonds is 3. The summed E-state index contributed by atoms with van der Waals surface area (Å²) in [5, 5.41) is 10.6. The monoisotopic (exact) mass is 760 g/mol. The first-order valence-electron chi connectivity index (χ1n) is 20.3. The van der Waals surface area contributed by atoms with E-state index in [0.29, 0.717) is 0 Å². The van der Waals surface area contributed by atoms with Gasteiger partial charge in [-0.1, -0.05) is 152 Å². The highest BCUT2D eigenvalue weighted by atomic mass is 32.1. The summed E-state index contributed by atoms with van der Waals surface area (Å²) in [6.07, 6.45) is 5.02. The van der Waals surface area contributed by atoms with Crippen LogP contribution in [-0.4, -0.2) is 0 Å². The molecule has 1 saturated carbocycles. The van der Waals surface area contributed by atoms with Gasteiger partial charge in [-0.3, -0.25) is 0 Å². The summed E-state index contributed by atoms with van der Waals surface area (Å²) in [6, 6.07) is 64.9. The molecule has 2 aliphatic rings. The third kappa shape index (κ3) is 4.38. The smallest absolute Gasteiger partial charge is 0.0361 e. The first-order valence-corrected chi connectivity index (χ1v) is 21.9. The van der Waals surface area contributed by atoms with Crippen molar-refractivity contribution in [1.29, 1.82) is 0 Å². The summed E-state index contributed by atoms with van der Waals surface area (Å²) >= 11 is 3.80. The van der Waals surface area contributed by atoms with Gasteiger partial charge < -0.3 is 0 Å². The second kappa shape index (κ2) is 12.0. The van der Waals surface area contributed by atoms with Crippen molar-refractivity contribution in [2.24, 2.45) is 0 Å². The Bertz CT molecular complexity index is 3310. The van der Waals surface area contributed by atoms with Gasteiger partial charge in [0.1, 0.15) is 0 Å². The molecule has 2 aliphatic carbocycles. The van der Waals surface area contributed by atoms with Gasteiger partial charge in [-0.05, 0) is 120 Å². The first kappa shape index (κ1) is 32.1. The number of hydrogen-bond acceptors (Lipinski definition) is 2. The van der Waals surface area contributed by atoms with E-state index >= 15 is 0 Å². The molecular weight excluding hydrogens is 725 g/mol. The number of hydrogen-bond donors (Lipinski definition) is 0. The fourth-order valence-corrected chi connectivity index (χ4v) is 13.4. The molecule has 2 heterocycles. The normalized spacial score (nSPS) is 14.5. The van der Waals surface area contributed by atoms with E-state index in [-0.39, 0.29) is 5.41 Å². The van der Waals surface area contributed by atoms with Crippen LogP contribution in [0.15, 0.2) is 170 Å². The Morgan fingerprint density at radius 2 is 0.754 bits per heavy atom. The summed E-state index contributed by atoms with van der Waals surface area (Å²) in [6.45, 7) is 0. The van der Waals surface area contributed by atoms with E-state index in [1.807, 2.05) is 22.7 Å². The Kier molecular flexibility index (Phi) is 6.74. The standard InChI is InChI=1S/C55H36S2/c1-4-24-45-39(14-1)52-42(23-11-25-46(52)55(45)30-7-8-31-55)51-37-19-9-17-33(35-21-12-28-49-53(35)40-15-2-5-26-47(40)56-49)43(37)32-44-34(18-10-20-38(44)51)36-22-13-29-50-54(36)41-16-3-6-27-48(41)57-50/h1-6,9-29,32H,7-8,30-31H2. The second-order valence-electron chi connectivity index (χ2n) is 16.2. The van der Waals surface area contributed by atoms with Crippen LogP contribution in [0.3, 0.4) is 0 Å². The molecule has 268 valence electrons. The largest absolute Gasteiger partial charge is 0.135 e. The minimum atomic E-state index is 0.101. The van der Waals surface area contributed by atoms with Crippen LogP contribution in [0.5, 0.6) is 0 Å². The van der Waals surface area contributed by atoms with E-state index in [1.165, 1.54) is 143 Å². The average Bonchev–Trinajstić information content (AvgIpc) is 4.06. The Morgan fingerprint density at radius 1 is 0.316 bits per heavy atom. The summed E-state index contributed by atoms with van der Waals surface area (Å²) in [7, 11) is 0. The maximum atomic E-state index is 2.54.